The Hall–Kier alpha value is -1.64. The molecule has 0 N–H and O–H groups in total. The SMILES string of the molecule is CC(=O)CC(=O)C1CCC(COc2ccccc2C2CCCC2)C1. The molecule has 0 spiro atoms. The summed E-state index contributed by atoms with van der Waals surface area (Å²) in [7, 11) is 0. The van der Waals surface area contributed by atoms with Gasteiger partial charge in [-0.05, 0) is 62.5 Å². The van der Waals surface area contributed by atoms with Gasteiger partial charge in [0.1, 0.15) is 17.3 Å². The second-order valence-corrected chi connectivity index (χ2v) is 7.55. The number of carbonyl (C=O) groups excluding carboxylic acids is 2. The highest BCUT2D eigenvalue weighted by Crippen LogP contribution is 2.39. The lowest BCUT2D eigenvalue weighted by molar-refractivity contribution is -0.128. The molecular formula is C21H28O3. The van der Waals surface area contributed by atoms with E-state index in [2.05, 4.69) is 18.2 Å². The monoisotopic (exact) mass is 328 g/mol. The van der Waals surface area contributed by atoms with E-state index in [-0.39, 0.29) is 23.9 Å². The van der Waals surface area contributed by atoms with E-state index in [0.29, 0.717) is 18.4 Å². The zero-order valence-electron chi connectivity index (χ0n) is 14.6. The third-order valence-electron chi connectivity index (χ3n) is 5.61. The van der Waals surface area contributed by atoms with E-state index in [9.17, 15) is 9.59 Å². The van der Waals surface area contributed by atoms with Crippen molar-refractivity contribution in [2.24, 2.45) is 11.8 Å². The molecule has 3 rings (SSSR count). The molecule has 0 bridgehead atoms. The molecule has 0 aliphatic heterocycles. The second-order valence-electron chi connectivity index (χ2n) is 7.55. The largest absolute Gasteiger partial charge is 0.493 e. The van der Waals surface area contributed by atoms with Crippen LogP contribution in [0.5, 0.6) is 5.75 Å². The summed E-state index contributed by atoms with van der Waals surface area (Å²) in [6, 6.07) is 8.44. The summed E-state index contributed by atoms with van der Waals surface area (Å²) < 4.78 is 6.16. The minimum atomic E-state index is -0.0230. The smallest absolute Gasteiger partial charge is 0.143 e. The Labute approximate surface area is 144 Å². The van der Waals surface area contributed by atoms with E-state index in [0.717, 1.165) is 25.0 Å². The number of hydrogen-bond acceptors (Lipinski definition) is 3. The van der Waals surface area contributed by atoms with Gasteiger partial charge in [0.05, 0.1) is 13.0 Å². The number of para-hydroxylation sites is 1. The fourth-order valence-corrected chi connectivity index (χ4v) is 4.30. The van der Waals surface area contributed by atoms with Crippen LogP contribution in [-0.4, -0.2) is 18.2 Å². The lowest BCUT2D eigenvalue weighted by atomic mass is 9.96. The van der Waals surface area contributed by atoms with Gasteiger partial charge >= 0.3 is 0 Å². The van der Waals surface area contributed by atoms with Crippen LogP contribution in [0.25, 0.3) is 0 Å². The predicted octanol–water partition coefficient (Wildman–Crippen LogP) is 4.69. The highest BCUT2D eigenvalue weighted by molar-refractivity contribution is 5.99. The van der Waals surface area contributed by atoms with Gasteiger partial charge in [0, 0.05) is 5.92 Å². The summed E-state index contributed by atoms with van der Waals surface area (Å²) in [5, 5.41) is 0. The van der Waals surface area contributed by atoms with Crippen molar-refractivity contribution in [3.8, 4) is 5.75 Å². The summed E-state index contributed by atoms with van der Waals surface area (Å²) in [6.45, 7) is 2.18. The first-order valence-corrected chi connectivity index (χ1v) is 9.37. The average Bonchev–Trinajstić information content (AvgIpc) is 3.24. The Morgan fingerprint density at radius 1 is 1.08 bits per heavy atom. The van der Waals surface area contributed by atoms with Crippen molar-refractivity contribution >= 4 is 11.6 Å². The lowest BCUT2D eigenvalue weighted by Gasteiger charge is -2.18. The van der Waals surface area contributed by atoms with Crippen LogP contribution in [0.3, 0.4) is 0 Å². The van der Waals surface area contributed by atoms with Crippen LogP contribution in [0.1, 0.15) is 69.8 Å². The van der Waals surface area contributed by atoms with Crippen LogP contribution in [-0.2, 0) is 9.59 Å². The van der Waals surface area contributed by atoms with E-state index in [1.165, 1.54) is 38.2 Å². The van der Waals surface area contributed by atoms with Gasteiger partial charge in [-0.3, -0.25) is 9.59 Å². The quantitative estimate of drug-likeness (QED) is 0.682. The third kappa shape index (κ3) is 4.25. The fraction of sp³-hybridized carbons (Fsp3) is 0.619. The summed E-state index contributed by atoms with van der Waals surface area (Å²) in [5.41, 5.74) is 1.36. The molecule has 0 radical (unpaired) electrons. The van der Waals surface area contributed by atoms with Gasteiger partial charge in [-0.15, -0.1) is 0 Å². The first-order valence-electron chi connectivity index (χ1n) is 9.37. The van der Waals surface area contributed by atoms with Gasteiger partial charge in [-0.1, -0.05) is 31.0 Å². The van der Waals surface area contributed by atoms with Crippen LogP contribution < -0.4 is 4.74 Å². The highest BCUT2D eigenvalue weighted by Gasteiger charge is 2.30. The van der Waals surface area contributed by atoms with Gasteiger partial charge in [0.25, 0.3) is 0 Å². The highest BCUT2D eigenvalue weighted by atomic mass is 16.5. The van der Waals surface area contributed by atoms with Crippen molar-refractivity contribution in [3.63, 3.8) is 0 Å². The average molecular weight is 328 g/mol. The number of carbonyl (C=O) groups is 2. The van der Waals surface area contributed by atoms with Gasteiger partial charge in [0.2, 0.25) is 0 Å². The van der Waals surface area contributed by atoms with E-state index in [1.807, 2.05) is 6.07 Å². The van der Waals surface area contributed by atoms with E-state index >= 15 is 0 Å². The summed E-state index contributed by atoms with van der Waals surface area (Å²) >= 11 is 0. The number of hydrogen-bond donors (Lipinski definition) is 0. The zero-order valence-corrected chi connectivity index (χ0v) is 14.6. The molecule has 3 nitrogen and oxygen atoms in total. The van der Waals surface area contributed by atoms with Gasteiger partial charge in [0.15, 0.2) is 0 Å². The van der Waals surface area contributed by atoms with Crippen LogP contribution in [0.2, 0.25) is 0 Å². The Morgan fingerprint density at radius 2 is 1.83 bits per heavy atom. The topological polar surface area (TPSA) is 43.4 Å². The second kappa shape index (κ2) is 7.96. The Balaban J connectivity index is 1.53. The fourth-order valence-electron chi connectivity index (χ4n) is 4.30. The first-order chi connectivity index (χ1) is 11.6. The van der Waals surface area contributed by atoms with Crippen molar-refractivity contribution in [2.75, 3.05) is 6.61 Å². The predicted molar refractivity (Wildman–Crippen MR) is 94.3 cm³/mol. The van der Waals surface area contributed by atoms with E-state index < -0.39 is 0 Å². The molecule has 2 aliphatic carbocycles. The minimum absolute atomic E-state index is 0.0230. The van der Waals surface area contributed by atoms with Crippen molar-refractivity contribution < 1.29 is 14.3 Å². The van der Waals surface area contributed by atoms with Crippen LogP contribution >= 0.6 is 0 Å². The molecule has 2 atom stereocenters. The molecule has 0 saturated heterocycles. The molecule has 3 heteroatoms. The first kappa shape index (κ1) is 17.2. The molecule has 130 valence electrons. The van der Waals surface area contributed by atoms with Crippen LogP contribution in [0.15, 0.2) is 24.3 Å². The third-order valence-corrected chi connectivity index (χ3v) is 5.61. The number of ether oxygens (including phenoxy) is 1. The van der Waals surface area contributed by atoms with Crippen molar-refractivity contribution in [3.05, 3.63) is 29.8 Å². The van der Waals surface area contributed by atoms with E-state index in [4.69, 9.17) is 4.74 Å². The molecule has 24 heavy (non-hydrogen) atoms. The number of ketones is 2. The molecule has 2 aliphatic rings. The van der Waals surface area contributed by atoms with Gasteiger partial charge < -0.3 is 4.74 Å². The van der Waals surface area contributed by atoms with Crippen LogP contribution in [0, 0.1) is 11.8 Å². The minimum Gasteiger partial charge on any atom is -0.493 e. The Bertz CT molecular complexity index is 587. The normalized spacial score (nSPS) is 24.2. The number of Topliss-reactive ketones (excluding diaryl/α,β-unsaturated/α-hetero) is 2. The summed E-state index contributed by atoms with van der Waals surface area (Å²) in [4.78, 5) is 23.2. The molecule has 0 amide bonds. The van der Waals surface area contributed by atoms with Crippen LogP contribution in [0.4, 0.5) is 0 Å². The molecular weight excluding hydrogens is 300 g/mol. The standard InChI is InChI=1S/C21H28O3/c1-15(22)12-20(23)18-11-10-16(13-18)14-24-21-9-5-4-8-19(21)17-6-2-3-7-17/h4-5,8-9,16-18H,2-3,6-7,10-14H2,1H3. The lowest BCUT2D eigenvalue weighted by Crippen LogP contribution is -2.16. The Morgan fingerprint density at radius 3 is 2.58 bits per heavy atom. The summed E-state index contributed by atoms with van der Waals surface area (Å²) in [6.07, 6.45) is 8.09. The molecule has 0 aromatic heterocycles. The Kier molecular flexibility index (Phi) is 5.70. The van der Waals surface area contributed by atoms with Crippen molar-refractivity contribution in [1.82, 2.24) is 0 Å². The summed E-state index contributed by atoms with van der Waals surface area (Å²) in [5.74, 6) is 2.27. The molecule has 1 aromatic rings. The maximum absolute atomic E-state index is 12.0. The maximum Gasteiger partial charge on any atom is 0.143 e. The van der Waals surface area contributed by atoms with Crippen molar-refractivity contribution in [1.29, 1.82) is 0 Å². The van der Waals surface area contributed by atoms with E-state index in [1.54, 1.807) is 0 Å². The number of rotatable bonds is 7. The maximum atomic E-state index is 12.0. The van der Waals surface area contributed by atoms with Crippen molar-refractivity contribution in [2.45, 2.75) is 64.2 Å². The molecule has 1 aromatic carbocycles. The van der Waals surface area contributed by atoms with Gasteiger partial charge in [-0.2, -0.15) is 0 Å². The zero-order chi connectivity index (χ0) is 16.9. The van der Waals surface area contributed by atoms with Gasteiger partial charge in [-0.25, -0.2) is 0 Å². The molecule has 0 heterocycles. The number of benzene rings is 1. The molecule has 2 fully saturated rings. The molecule has 2 saturated carbocycles. The molecule has 2 unspecified atom stereocenters.